The lowest BCUT2D eigenvalue weighted by atomic mass is 9.89. The molecule has 0 unspecified atom stereocenters. The van der Waals surface area contributed by atoms with Crippen molar-refractivity contribution < 1.29 is 14.7 Å². The number of hydrogen-bond acceptors (Lipinski definition) is 4. The monoisotopic (exact) mass is 256 g/mol. The van der Waals surface area contributed by atoms with Crippen molar-refractivity contribution in [1.29, 1.82) is 0 Å². The van der Waals surface area contributed by atoms with Gasteiger partial charge in [-0.2, -0.15) is 0 Å². The van der Waals surface area contributed by atoms with Crippen molar-refractivity contribution in [3.05, 3.63) is 16.6 Å². The molecule has 1 amide bonds. The minimum absolute atomic E-state index is 0.0145. The normalized spacial score (nSPS) is 11.2. The molecule has 0 saturated carbocycles. The van der Waals surface area contributed by atoms with E-state index in [1.54, 1.807) is 5.51 Å². The van der Waals surface area contributed by atoms with E-state index in [1.165, 1.54) is 25.2 Å². The topological polar surface area (TPSA) is 79.3 Å². The molecule has 1 aromatic heterocycles. The molecule has 0 radical (unpaired) electrons. The van der Waals surface area contributed by atoms with E-state index >= 15 is 0 Å². The second kappa shape index (κ2) is 5.77. The van der Waals surface area contributed by atoms with Crippen LogP contribution in [0.15, 0.2) is 10.9 Å². The van der Waals surface area contributed by atoms with Crippen LogP contribution in [0.3, 0.4) is 0 Å². The zero-order valence-corrected chi connectivity index (χ0v) is 10.7. The first kappa shape index (κ1) is 13.6. The zero-order valence-electron chi connectivity index (χ0n) is 9.90. The highest BCUT2D eigenvalue weighted by atomic mass is 32.1. The summed E-state index contributed by atoms with van der Waals surface area (Å²) >= 11 is 1.51. The van der Waals surface area contributed by atoms with Crippen LogP contribution in [0.2, 0.25) is 0 Å². The Bertz CT molecular complexity index is 387. The van der Waals surface area contributed by atoms with E-state index in [0.717, 1.165) is 5.69 Å². The third-order valence-corrected chi connectivity index (χ3v) is 3.00. The molecule has 0 fully saturated rings. The van der Waals surface area contributed by atoms with Crippen LogP contribution in [0.4, 0.5) is 0 Å². The first-order valence-electron chi connectivity index (χ1n) is 5.29. The van der Waals surface area contributed by atoms with Crippen molar-refractivity contribution >= 4 is 23.2 Å². The predicted molar refractivity (Wildman–Crippen MR) is 64.9 cm³/mol. The largest absolute Gasteiger partial charge is 0.481 e. The number of carboxylic acid groups (broad SMARTS) is 1. The average Bonchev–Trinajstić information content (AvgIpc) is 2.69. The third kappa shape index (κ3) is 4.52. The molecular weight excluding hydrogens is 240 g/mol. The molecular formula is C11H16N2O3S. The summed E-state index contributed by atoms with van der Waals surface area (Å²) in [4.78, 5) is 26.4. The lowest BCUT2D eigenvalue weighted by Crippen LogP contribution is -2.34. The van der Waals surface area contributed by atoms with E-state index in [-0.39, 0.29) is 12.3 Å². The number of aliphatic carboxylic acids is 1. The van der Waals surface area contributed by atoms with E-state index in [9.17, 15) is 9.59 Å². The number of amides is 1. The number of nitrogens with one attached hydrogen (secondary N) is 1. The van der Waals surface area contributed by atoms with E-state index < -0.39 is 11.4 Å². The minimum Gasteiger partial charge on any atom is -0.481 e. The first-order chi connectivity index (χ1) is 7.92. The van der Waals surface area contributed by atoms with Gasteiger partial charge < -0.3 is 10.4 Å². The fourth-order valence-corrected chi connectivity index (χ4v) is 1.82. The molecule has 0 aliphatic carbocycles. The van der Waals surface area contributed by atoms with Crippen molar-refractivity contribution in [2.45, 2.75) is 26.7 Å². The van der Waals surface area contributed by atoms with Crippen molar-refractivity contribution in [3.8, 4) is 0 Å². The molecule has 0 atom stereocenters. The van der Waals surface area contributed by atoms with Gasteiger partial charge in [0.2, 0.25) is 5.91 Å². The highest BCUT2D eigenvalue weighted by molar-refractivity contribution is 7.07. The van der Waals surface area contributed by atoms with Crippen molar-refractivity contribution in [3.63, 3.8) is 0 Å². The number of carbonyl (C=O) groups is 2. The van der Waals surface area contributed by atoms with Gasteiger partial charge in [0.1, 0.15) is 0 Å². The summed E-state index contributed by atoms with van der Waals surface area (Å²) in [6, 6.07) is 0. The summed E-state index contributed by atoms with van der Waals surface area (Å²) in [6.45, 7) is 3.56. The predicted octanol–water partition coefficient (Wildman–Crippen LogP) is 1.30. The fourth-order valence-electron chi connectivity index (χ4n) is 1.23. The van der Waals surface area contributed by atoms with Crippen LogP contribution < -0.4 is 5.32 Å². The van der Waals surface area contributed by atoms with E-state index in [1.807, 2.05) is 5.38 Å². The highest BCUT2D eigenvalue weighted by Crippen LogP contribution is 2.19. The second-order valence-electron chi connectivity index (χ2n) is 4.45. The van der Waals surface area contributed by atoms with Crippen molar-refractivity contribution in [1.82, 2.24) is 10.3 Å². The van der Waals surface area contributed by atoms with Gasteiger partial charge in [-0.05, 0) is 13.8 Å². The van der Waals surface area contributed by atoms with Crippen LogP contribution >= 0.6 is 11.3 Å². The summed E-state index contributed by atoms with van der Waals surface area (Å²) in [5.41, 5.74) is 1.66. The highest BCUT2D eigenvalue weighted by Gasteiger charge is 2.29. The van der Waals surface area contributed by atoms with E-state index in [2.05, 4.69) is 10.3 Å². The number of thiazole rings is 1. The summed E-state index contributed by atoms with van der Waals surface area (Å²) < 4.78 is 0. The smallest absolute Gasteiger partial charge is 0.309 e. The molecule has 17 heavy (non-hydrogen) atoms. The Morgan fingerprint density at radius 1 is 1.53 bits per heavy atom. The number of hydrogen-bond donors (Lipinski definition) is 2. The van der Waals surface area contributed by atoms with Gasteiger partial charge in [-0.25, -0.2) is 4.98 Å². The quantitative estimate of drug-likeness (QED) is 0.804. The maximum Gasteiger partial charge on any atom is 0.309 e. The minimum atomic E-state index is -1.02. The molecule has 0 saturated heterocycles. The molecule has 1 rings (SSSR count). The number of carboxylic acids is 1. The van der Waals surface area contributed by atoms with Crippen LogP contribution in [0, 0.1) is 5.41 Å². The summed E-state index contributed by atoms with van der Waals surface area (Å²) in [7, 11) is 0. The molecule has 5 nitrogen and oxygen atoms in total. The lowest BCUT2D eigenvalue weighted by molar-refractivity contribution is -0.149. The summed E-state index contributed by atoms with van der Waals surface area (Å²) in [5, 5.41) is 13.5. The average molecular weight is 256 g/mol. The molecule has 94 valence electrons. The number of rotatable bonds is 6. The second-order valence-corrected chi connectivity index (χ2v) is 5.16. The zero-order chi connectivity index (χ0) is 12.9. The van der Waals surface area contributed by atoms with Crippen molar-refractivity contribution in [2.24, 2.45) is 5.41 Å². The Morgan fingerprint density at radius 3 is 2.76 bits per heavy atom. The molecule has 0 aromatic carbocycles. The van der Waals surface area contributed by atoms with Gasteiger partial charge in [0, 0.05) is 24.8 Å². The maximum atomic E-state index is 11.5. The SMILES string of the molecule is CC(C)(CC(=O)NCCc1cscn1)C(=O)O. The third-order valence-electron chi connectivity index (χ3n) is 2.37. The van der Waals surface area contributed by atoms with Gasteiger partial charge in [0.05, 0.1) is 16.6 Å². The van der Waals surface area contributed by atoms with Gasteiger partial charge in [0.25, 0.3) is 0 Å². The molecule has 1 aromatic rings. The van der Waals surface area contributed by atoms with Crippen molar-refractivity contribution in [2.75, 3.05) is 6.54 Å². The van der Waals surface area contributed by atoms with Gasteiger partial charge >= 0.3 is 5.97 Å². The van der Waals surface area contributed by atoms with Crippen LogP contribution in [-0.2, 0) is 16.0 Å². The Kier molecular flexibility index (Phi) is 4.62. The molecule has 0 spiro atoms. The molecule has 0 aliphatic rings. The molecule has 1 heterocycles. The van der Waals surface area contributed by atoms with Gasteiger partial charge in [-0.1, -0.05) is 0 Å². The standard InChI is InChI=1S/C11H16N2O3S/c1-11(2,10(15)16)5-9(14)12-4-3-8-6-17-7-13-8/h6-7H,3-5H2,1-2H3,(H,12,14)(H,15,16). The molecule has 0 bridgehead atoms. The Morgan fingerprint density at radius 2 is 2.24 bits per heavy atom. The van der Waals surface area contributed by atoms with Crippen LogP contribution in [0.25, 0.3) is 0 Å². The van der Waals surface area contributed by atoms with Gasteiger partial charge in [0.15, 0.2) is 0 Å². The Labute approximate surface area is 104 Å². The molecule has 6 heteroatoms. The maximum absolute atomic E-state index is 11.5. The number of carbonyl (C=O) groups excluding carboxylic acids is 1. The van der Waals surface area contributed by atoms with E-state index in [4.69, 9.17) is 5.11 Å². The fraction of sp³-hybridized carbons (Fsp3) is 0.545. The summed E-state index contributed by atoms with van der Waals surface area (Å²) in [6.07, 6.45) is 0.655. The Hall–Kier alpha value is -1.43. The molecule has 0 aliphatic heterocycles. The van der Waals surface area contributed by atoms with Gasteiger partial charge in [-0.3, -0.25) is 9.59 Å². The summed E-state index contributed by atoms with van der Waals surface area (Å²) in [5.74, 6) is -1.21. The molecule has 2 N–H and O–H groups in total. The van der Waals surface area contributed by atoms with Gasteiger partial charge in [-0.15, -0.1) is 11.3 Å². The lowest BCUT2D eigenvalue weighted by Gasteiger charge is -2.17. The first-order valence-corrected chi connectivity index (χ1v) is 6.23. The van der Waals surface area contributed by atoms with Crippen LogP contribution in [-0.4, -0.2) is 28.5 Å². The van der Waals surface area contributed by atoms with Crippen LogP contribution in [0.5, 0.6) is 0 Å². The Balaban J connectivity index is 2.28. The number of nitrogens with zero attached hydrogens (tertiary/aromatic N) is 1. The van der Waals surface area contributed by atoms with E-state index in [0.29, 0.717) is 13.0 Å². The van der Waals surface area contributed by atoms with Crippen LogP contribution in [0.1, 0.15) is 26.0 Å². The number of aromatic nitrogens is 1.